The molecule has 1 aromatic heterocycles. The van der Waals surface area contributed by atoms with Gasteiger partial charge in [0.15, 0.2) is 0 Å². The summed E-state index contributed by atoms with van der Waals surface area (Å²) in [5.74, 6) is -0.265. The van der Waals surface area contributed by atoms with E-state index in [0.717, 1.165) is 5.56 Å². The van der Waals surface area contributed by atoms with Crippen molar-refractivity contribution in [1.82, 2.24) is 15.2 Å². The molecule has 1 saturated heterocycles. The standard InChI is InChI=1S/C17H16ClN3O2/c1-17(13-3-2-4-14(18)11-13)15(22)21(16(23)20-17)10-7-12-5-8-19-9-6-12/h2-6,8-9,11H,7,10H2,1H3,(H,20,23). The molecular weight excluding hydrogens is 314 g/mol. The summed E-state index contributed by atoms with van der Waals surface area (Å²) in [6.45, 7) is 2.02. The first-order valence-electron chi connectivity index (χ1n) is 7.30. The molecule has 0 bridgehead atoms. The van der Waals surface area contributed by atoms with Crippen LogP contribution >= 0.6 is 11.6 Å². The smallest absolute Gasteiger partial charge is 0.319 e. The van der Waals surface area contributed by atoms with Crippen LogP contribution in [0.25, 0.3) is 0 Å². The van der Waals surface area contributed by atoms with Crippen LogP contribution in [0.4, 0.5) is 4.79 Å². The summed E-state index contributed by atoms with van der Waals surface area (Å²) < 4.78 is 0. The van der Waals surface area contributed by atoms with Crippen LogP contribution in [0.2, 0.25) is 5.02 Å². The predicted molar refractivity (Wildman–Crippen MR) is 87.0 cm³/mol. The van der Waals surface area contributed by atoms with E-state index in [9.17, 15) is 9.59 Å². The van der Waals surface area contributed by atoms with Crippen molar-refractivity contribution >= 4 is 23.5 Å². The molecule has 1 atom stereocenters. The maximum absolute atomic E-state index is 12.8. The molecule has 0 aliphatic carbocycles. The Morgan fingerprint density at radius 2 is 1.96 bits per heavy atom. The number of rotatable bonds is 4. The number of nitrogens with zero attached hydrogens (tertiary/aromatic N) is 2. The third-order valence-electron chi connectivity index (χ3n) is 4.05. The number of halogens is 1. The Balaban J connectivity index is 1.79. The third-order valence-corrected chi connectivity index (χ3v) is 4.29. The largest absolute Gasteiger partial charge is 0.325 e. The average Bonchev–Trinajstić information content (AvgIpc) is 2.77. The second kappa shape index (κ2) is 6.01. The Morgan fingerprint density at radius 3 is 2.65 bits per heavy atom. The summed E-state index contributed by atoms with van der Waals surface area (Å²) in [6.07, 6.45) is 3.97. The van der Waals surface area contributed by atoms with E-state index in [2.05, 4.69) is 10.3 Å². The average molecular weight is 330 g/mol. The fourth-order valence-corrected chi connectivity index (χ4v) is 2.88. The summed E-state index contributed by atoms with van der Waals surface area (Å²) >= 11 is 6.00. The Kier molecular flexibility index (Phi) is 4.05. The molecule has 1 fully saturated rings. The highest BCUT2D eigenvalue weighted by Crippen LogP contribution is 2.30. The molecule has 1 unspecified atom stereocenters. The van der Waals surface area contributed by atoms with E-state index < -0.39 is 5.54 Å². The van der Waals surface area contributed by atoms with Gasteiger partial charge in [0.1, 0.15) is 5.54 Å². The van der Waals surface area contributed by atoms with Crippen molar-refractivity contribution in [3.05, 3.63) is 64.9 Å². The molecule has 2 heterocycles. The van der Waals surface area contributed by atoms with Gasteiger partial charge in [-0.25, -0.2) is 4.79 Å². The van der Waals surface area contributed by atoms with E-state index in [0.29, 0.717) is 23.6 Å². The van der Waals surface area contributed by atoms with Crippen LogP contribution in [0.15, 0.2) is 48.8 Å². The number of pyridine rings is 1. The molecule has 2 aromatic rings. The molecule has 1 aliphatic rings. The van der Waals surface area contributed by atoms with E-state index in [1.807, 2.05) is 12.1 Å². The molecule has 0 saturated carbocycles. The lowest BCUT2D eigenvalue weighted by atomic mass is 9.92. The Morgan fingerprint density at radius 1 is 1.22 bits per heavy atom. The number of hydrogen-bond donors (Lipinski definition) is 1. The topological polar surface area (TPSA) is 62.3 Å². The van der Waals surface area contributed by atoms with Crippen molar-refractivity contribution < 1.29 is 9.59 Å². The summed E-state index contributed by atoms with van der Waals surface area (Å²) in [6, 6.07) is 10.3. The van der Waals surface area contributed by atoms with Crippen LogP contribution in [0.1, 0.15) is 18.1 Å². The lowest BCUT2D eigenvalue weighted by Gasteiger charge is -2.22. The van der Waals surface area contributed by atoms with Gasteiger partial charge in [0.05, 0.1) is 0 Å². The summed E-state index contributed by atoms with van der Waals surface area (Å²) in [5, 5.41) is 3.31. The first-order valence-corrected chi connectivity index (χ1v) is 7.67. The number of carbonyl (C=O) groups excluding carboxylic acids is 2. The highest BCUT2D eigenvalue weighted by molar-refractivity contribution is 6.30. The lowest BCUT2D eigenvalue weighted by Crippen LogP contribution is -2.41. The van der Waals surface area contributed by atoms with E-state index >= 15 is 0 Å². The van der Waals surface area contributed by atoms with Crippen LogP contribution in [0.5, 0.6) is 0 Å². The first-order chi connectivity index (χ1) is 11.0. The van der Waals surface area contributed by atoms with Gasteiger partial charge < -0.3 is 5.32 Å². The maximum atomic E-state index is 12.8. The lowest BCUT2D eigenvalue weighted by molar-refractivity contribution is -0.131. The number of imide groups is 1. The first kappa shape index (κ1) is 15.5. The van der Waals surface area contributed by atoms with Crippen molar-refractivity contribution in [2.24, 2.45) is 0 Å². The molecule has 3 rings (SSSR count). The normalized spacial score (nSPS) is 20.7. The number of benzene rings is 1. The molecule has 0 radical (unpaired) electrons. The van der Waals surface area contributed by atoms with Crippen molar-refractivity contribution in [1.29, 1.82) is 0 Å². The molecule has 5 nitrogen and oxygen atoms in total. The summed E-state index contributed by atoms with van der Waals surface area (Å²) in [4.78, 5) is 30.2. The van der Waals surface area contributed by atoms with Crippen LogP contribution in [-0.2, 0) is 16.8 Å². The van der Waals surface area contributed by atoms with Gasteiger partial charge in [-0.05, 0) is 48.7 Å². The van der Waals surface area contributed by atoms with Gasteiger partial charge in [-0.3, -0.25) is 14.7 Å². The van der Waals surface area contributed by atoms with E-state index in [1.54, 1.807) is 43.6 Å². The second-order valence-electron chi connectivity index (χ2n) is 5.63. The highest BCUT2D eigenvalue weighted by atomic mass is 35.5. The minimum absolute atomic E-state index is 0.265. The zero-order valence-corrected chi connectivity index (χ0v) is 13.4. The minimum Gasteiger partial charge on any atom is -0.319 e. The monoisotopic (exact) mass is 329 g/mol. The van der Waals surface area contributed by atoms with Crippen LogP contribution in [-0.4, -0.2) is 28.4 Å². The molecule has 1 N–H and O–H groups in total. The van der Waals surface area contributed by atoms with Gasteiger partial charge in [0.25, 0.3) is 5.91 Å². The maximum Gasteiger partial charge on any atom is 0.325 e. The van der Waals surface area contributed by atoms with Crippen LogP contribution in [0.3, 0.4) is 0 Å². The minimum atomic E-state index is -1.08. The van der Waals surface area contributed by atoms with Crippen LogP contribution in [0, 0.1) is 0 Å². The number of aromatic nitrogens is 1. The fourth-order valence-electron chi connectivity index (χ4n) is 2.69. The molecule has 3 amide bonds. The fraction of sp³-hybridized carbons (Fsp3) is 0.235. The molecule has 118 valence electrons. The highest BCUT2D eigenvalue weighted by Gasteiger charge is 2.48. The van der Waals surface area contributed by atoms with Gasteiger partial charge in [0, 0.05) is 24.0 Å². The molecular formula is C17H16ClN3O2. The zero-order valence-electron chi connectivity index (χ0n) is 12.6. The number of hydrogen-bond acceptors (Lipinski definition) is 3. The van der Waals surface area contributed by atoms with E-state index in [-0.39, 0.29) is 11.9 Å². The number of carbonyl (C=O) groups is 2. The summed E-state index contributed by atoms with van der Waals surface area (Å²) in [5.41, 5.74) is 0.618. The van der Waals surface area contributed by atoms with Gasteiger partial charge in [-0.15, -0.1) is 0 Å². The Hall–Kier alpha value is -2.40. The Bertz CT molecular complexity index is 751. The van der Waals surface area contributed by atoms with Crippen molar-refractivity contribution in [2.45, 2.75) is 18.9 Å². The molecule has 23 heavy (non-hydrogen) atoms. The molecule has 1 aliphatic heterocycles. The number of amides is 3. The second-order valence-corrected chi connectivity index (χ2v) is 6.06. The van der Waals surface area contributed by atoms with Crippen LogP contribution < -0.4 is 5.32 Å². The number of urea groups is 1. The van der Waals surface area contributed by atoms with E-state index in [1.165, 1.54) is 4.90 Å². The molecule has 6 heteroatoms. The van der Waals surface area contributed by atoms with Gasteiger partial charge in [0.2, 0.25) is 0 Å². The van der Waals surface area contributed by atoms with Gasteiger partial charge >= 0.3 is 6.03 Å². The quantitative estimate of drug-likeness (QED) is 0.877. The zero-order chi connectivity index (χ0) is 16.4. The SMILES string of the molecule is CC1(c2cccc(Cl)c2)NC(=O)N(CCc2ccncc2)C1=O. The van der Waals surface area contributed by atoms with Crippen molar-refractivity contribution in [2.75, 3.05) is 6.54 Å². The van der Waals surface area contributed by atoms with Gasteiger partial charge in [-0.1, -0.05) is 23.7 Å². The van der Waals surface area contributed by atoms with Crippen molar-refractivity contribution in [3.8, 4) is 0 Å². The summed E-state index contributed by atoms with van der Waals surface area (Å²) in [7, 11) is 0. The van der Waals surface area contributed by atoms with Gasteiger partial charge in [-0.2, -0.15) is 0 Å². The van der Waals surface area contributed by atoms with E-state index in [4.69, 9.17) is 11.6 Å². The van der Waals surface area contributed by atoms with Crippen molar-refractivity contribution in [3.63, 3.8) is 0 Å². The molecule has 1 aromatic carbocycles. The Labute approximate surface area is 139 Å². The number of nitrogens with one attached hydrogen (secondary N) is 1. The third kappa shape index (κ3) is 2.92. The predicted octanol–water partition coefficient (Wildman–Crippen LogP) is 2.74. The molecule has 0 spiro atoms.